The van der Waals surface area contributed by atoms with Crippen LogP contribution in [0.25, 0.3) is 58.4 Å². The maximum atomic E-state index is 2.39. The van der Waals surface area contributed by atoms with Gasteiger partial charge in [-0.1, -0.05) is 257 Å². The highest BCUT2D eigenvalue weighted by Crippen LogP contribution is 2.37. The van der Waals surface area contributed by atoms with Crippen molar-refractivity contribution in [3.05, 3.63) is 261 Å². The van der Waals surface area contributed by atoms with Crippen molar-refractivity contribution < 1.29 is 0 Å². The fourth-order valence-electron chi connectivity index (χ4n) is 10.5. The van der Waals surface area contributed by atoms with Crippen LogP contribution in [0.2, 0.25) is 0 Å². The zero-order valence-electron chi connectivity index (χ0n) is 38.2. The summed E-state index contributed by atoms with van der Waals surface area (Å²) in [5, 5.41) is 2.47. The Balaban J connectivity index is 0.993. The quantitative estimate of drug-likeness (QED) is 0.107. The normalized spacial score (nSPS) is 15.5. The van der Waals surface area contributed by atoms with Gasteiger partial charge in [-0.2, -0.15) is 0 Å². The summed E-state index contributed by atoms with van der Waals surface area (Å²) in [6.45, 7) is 0. The molecule has 0 aliphatic heterocycles. The van der Waals surface area contributed by atoms with Crippen LogP contribution in [0.5, 0.6) is 0 Å². The van der Waals surface area contributed by atoms with Crippen LogP contribution in [0.3, 0.4) is 0 Å². The molecule has 0 bridgehead atoms. The van der Waals surface area contributed by atoms with Gasteiger partial charge in [-0.05, 0) is 138 Å². The summed E-state index contributed by atoms with van der Waals surface area (Å²) < 4.78 is 0. The molecule has 0 nitrogen and oxygen atoms in total. The molecular formula is C66H60. The van der Waals surface area contributed by atoms with E-state index in [4.69, 9.17) is 0 Å². The first kappa shape index (κ1) is 42.9. The van der Waals surface area contributed by atoms with Gasteiger partial charge < -0.3 is 0 Å². The van der Waals surface area contributed by atoms with E-state index in [1.807, 2.05) is 0 Å². The Morgan fingerprint density at radius 2 is 0.697 bits per heavy atom. The average molecular weight is 853 g/mol. The fraction of sp³-hybridized carbons (Fsp3) is 0.182. The zero-order valence-corrected chi connectivity index (χ0v) is 38.2. The first-order valence-electron chi connectivity index (χ1n) is 24.5. The van der Waals surface area contributed by atoms with Gasteiger partial charge in [0.2, 0.25) is 0 Å². The Hall–Kier alpha value is -7.02. The zero-order chi connectivity index (χ0) is 44.3. The summed E-state index contributed by atoms with van der Waals surface area (Å²) >= 11 is 0. The number of fused-ring (bicyclic) bond motifs is 1. The Morgan fingerprint density at radius 3 is 1.20 bits per heavy atom. The molecule has 10 rings (SSSR count). The van der Waals surface area contributed by atoms with E-state index in [1.165, 1.54) is 153 Å². The smallest absolute Gasteiger partial charge is 0.0105 e. The Bertz CT molecular complexity index is 2980. The lowest BCUT2D eigenvalue weighted by Crippen LogP contribution is -2.04. The maximum Gasteiger partial charge on any atom is -0.0105 e. The van der Waals surface area contributed by atoms with E-state index >= 15 is 0 Å². The third-order valence-corrected chi connectivity index (χ3v) is 14.2. The minimum absolute atomic E-state index is 0.690. The van der Waals surface area contributed by atoms with Gasteiger partial charge in [-0.15, -0.1) is 0 Å². The van der Waals surface area contributed by atoms with Crippen LogP contribution in [0.4, 0.5) is 0 Å². The standard InChI is InChI=1S/C66H60/c1-5-19-49(20-6-1)53-34-39-59(40-35-53)65(55-25-9-3-10-26-55)47-61-30-15-13-23-51(61)33-38-58-44-43-57-29-17-18-32-63(57)64(58)46-45-52-24-14-16-31-62(52)48-66(56-27-11-4-12-28-56)60-41-36-54(37-42-60)50-21-7-2-8-22-50/h3-4,9-18,23-50H,1-2,5-8,19-22H2. The number of hydrogen-bond donors (Lipinski definition) is 0. The molecule has 2 fully saturated rings. The van der Waals surface area contributed by atoms with E-state index in [-0.39, 0.29) is 0 Å². The van der Waals surface area contributed by atoms with Crippen molar-refractivity contribution in [1.29, 1.82) is 0 Å². The minimum Gasteiger partial charge on any atom is -0.0622 e. The van der Waals surface area contributed by atoms with Crippen molar-refractivity contribution in [1.82, 2.24) is 0 Å². The van der Waals surface area contributed by atoms with E-state index in [1.54, 1.807) is 0 Å². The fourth-order valence-corrected chi connectivity index (χ4v) is 10.5. The van der Waals surface area contributed by atoms with Crippen molar-refractivity contribution in [3.63, 3.8) is 0 Å². The second-order valence-electron chi connectivity index (χ2n) is 18.5. The number of benzene rings is 8. The first-order chi connectivity index (χ1) is 32.7. The van der Waals surface area contributed by atoms with Crippen LogP contribution >= 0.6 is 0 Å². The molecule has 2 saturated carbocycles. The highest BCUT2D eigenvalue weighted by molar-refractivity contribution is 5.99. The topological polar surface area (TPSA) is 0 Å². The Morgan fingerprint density at radius 1 is 0.303 bits per heavy atom. The monoisotopic (exact) mass is 852 g/mol. The molecule has 0 spiro atoms. The SMILES string of the molecule is C(=Cc1ccc2ccccc2c1C=Cc1ccccc1C=C(c1ccccc1)c1ccc(C2CCCCC2)cc1)c1ccccc1C=C(c1ccccc1)c1ccc(C2CCCCC2)cc1. The molecule has 8 aromatic carbocycles. The van der Waals surface area contributed by atoms with E-state index in [2.05, 4.69) is 231 Å². The average Bonchev–Trinajstić information content (AvgIpc) is 3.40. The second-order valence-corrected chi connectivity index (χ2v) is 18.5. The number of rotatable bonds is 12. The first-order valence-corrected chi connectivity index (χ1v) is 24.5. The summed E-state index contributed by atoms with van der Waals surface area (Å²) in [4.78, 5) is 0. The molecule has 0 radical (unpaired) electrons. The molecule has 0 saturated heterocycles. The third kappa shape index (κ3) is 10.1. The molecule has 0 N–H and O–H groups in total. The predicted molar refractivity (Wildman–Crippen MR) is 286 cm³/mol. The van der Waals surface area contributed by atoms with Gasteiger partial charge in [0.05, 0.1) is 0 Å². The summed E-state index contributed by atoms with van der Waals surface area (Å²) in [5.41, 5.74) is 17.5. The van der Waals surface area contributed by atoms with Gasteiger partial charge in [-0.3, -0.25) is 0 Å². The van der Waals surface area contributed by atoms with Gasteiger partial charge in [0, 0.05) is 0 Å². The molecule has 0 heteroatoms. The van der Waals surface area contributed by atoms with Gasteiger partial charge in [-0.25, -0.2) is 0 Å². The van der Waals surface area contributed by atoms with Crippen LogP contribution < -0.4 is 0 Å². The van der Waals surface area contributed by atoms with E-state index in [0.717, 1.165) is 0 Å². The summed E-state index contributed by atoms with van der Waals surface area (Å²) in [6, 6.07) is 71.6. The minimum atomic E-state index is 0.690. The lowest BCUT2D eigenvalue weighted by molar-refractivity contribution is 0.443. The lowest BCUT2D eigenvalue weighted by Gasteiger charge is -2.22. The molecule has 0 atom stereocenters. The summed E-state index contributed by atoms with van der Waals surface area (Å²) in [6.07, 6.45) is 27.4. The lowest BCUT2D eigenvalue weighted by atomic mass is 9.83. The molecule has 324 valence electrons. The molecule has 66 heavy (non-hydrogen) atoms. The van der Waals surface area contributed by atoms with Gasteiger partial charge in [0.1, 0.15) is 0 Å². The summed E-state index contributed by atoms with van der Waals surface area (Å²) in [5.74, 6) is 1.38. The van der Waals surface area contributed by atoms with E-state index < -0.39 is 0 Å². The molecular weight excluding hydrogens is 793 g/mol. The molecule has 0 unspecified atom stereocenters. The molecule has 0 aromatic heterocycles. The van der Waals surface area contributed by atoms with Crippen molar-refractivity contribution in [2.24, 2.45) is 0 Å². The Labute approximate surface area is 393 Å². The third-order valence-electron chi connectivity index (χ3n) is 14.2. The van der Waals surface area contributed by atoms with Gasteiger partial charge in [0.15, 0.2) is 0 Å². The molecule has 0 heterocycles. The van der Waals surface area contributed by atoms with Crippen molar-refractivity contribution >= 4 is 58.4 Å². The second kappa shape index (κ2) is 20.9. The molecule has 2 aliphatic rings. The highest BCUT2D eigenvalue weighted by atomic mass is 14.2. The Kier molecular flexibility index (Phi) is 13.6. The van der Waals surface area contributed by atoms with Gasteiger partial charge >= 0.3 is 0 Å². The molecule has 2 aliphatic carbocycles. The molecule has 8 aromatic rings. The van der Waals surface area contributed by atoms with Crippen LogP contribution in [0.15, 0.2) is 194 Å². The largest absolute Gasteiger partial charge is 0.0622 e. The number of hydrogen-bond acceptors (Lipinski definition) is 0. The summed E-state index contributed by atoms with van der Waals surface area (Å²) in [7, 11) is 0. The molecule has 0 amide bonds. The van der Waals surface area contributed by atoms with E-state index in [9.17, 15) is 0 Å². The van der Waals surface area contributed by atoms with Crippen molar-refractivity contribution in [3.8, 4) is 0 Å². The van der Waals surface area contributed by atoms with E-state index in [0.29, 0.717) is 11.8 Å². The van der Waals surface area contributed by atoms with Crippen LogP contribution in [0, 0.1) is 0 Å². The van der Waals surface area contributed by atoms with Crippen LogP contribution in [-0.4, -0.2) is 0 Å². The van der Waals surface area contributed by atoms with Crippen LogP contribution in [-0.2, 0) is 0 Å². The van der Waals surface area contributed by atoms with Crippen molar-refractivity contribution in [2.75, 3.05) is 0 Å². The predicted octanol–water partition coefficient (Wildman–Crippen LogP) is 18.5. The highest BCUT2D eigenvalue weighted by Gasteiger charge is 2.18. The van der Waals surface area contributed by atoms with Gasteiger partial charge in [0.25, 0.3) is 0 Å². The van der Waals surface area contributed by atoms with Crippen molar-refractivity contribution in [2.45, 2.75) is 76.0 Å². The van der Waals surface area contributed by atoms with Crippen LogP contribution in [0.1, 0.15) is 143 Å². The maximum absolute atomic E-state index is 2.39.